The summed E-state index contributed by atoms with van der Waals surface area (Å²) in [5.74, 6) is -3.94. The molecule has 1 aliphatic heterocycles. The number of rotatable bonds is 15. The highest BCUT2D eigenvalue weighted by Gasteiger charge is 2.37. The first-order chi connectivity index (χ1) is 24.7. The van der Waals surface area contributed by atoms with Gasteiger partial charge in [0.15, 0.2) is 0 Å². The van der Waals surface area contributed by atoms with Gasteiger partial charge < -0.3 is 24.8 Å². The molecule has 3 N–H and O–H groups in total. The van der Waals surface area contributed by atoms with Crippen LogP contribution in [0.5, 0.6) is 0 Å². The van der Waals surface area contributed by atoms with Gasteiger partial charge in [-0.05, 0) is 57.2 Å². The topological polar surface area (TPSA) is 165 Å². The van der Waals surface area contributed by atoms with E-state index in [4.69, 9.17) is 44.3 Å². The zero-order chi connectivity index (χ0) is 39.7. The van der Waals surface area contributed by atoms with Crippen LogP contribution in [0.1, 0.15) is 71.7 Å². The quantitative estimate of drug-likeness (QED) is 0.162. The third-order valence-corrected chi connectivity index (χ3v) is 8.46. The summed E-state index contributed by atoms with van der Waals surface area (Å²) in [4.78, 5) is 69.1. The average molecular weight is 807 g/mol. The van der Waals surface area contributed by atoms with Gasteiger partial charge in [0.05, 0.1) is 23.2 Å². The van der Waals surface area contributed by atoms with Crippen LogP contribution in [0.25, 0.3) is 17.0 Å². The number of nitrogens with one attached hydrogen (secondary N) is 3. The van der Waals surface area contributed by atoms with Crippen LogP contribution in [0.15, 0.2) is 36.4 Å². The number of hydrazine groups is 1. The van der Waals surface area contributed by atoms with Crippen LogP contribution in [-0.4, -0.2) is 87.9 Å². The number of benzene rings is 1. The molecule has 18 heteroatoms. The zero-order valence-electron chi connectivity index (χ0n) is 30.1. The van der Waals surface area contributed by atoms with E-state index in [1.54, 1.807) is 52.8 Å². The van der Waals surface area contributed by atoms with E-state index in [-0.39, 0.29) is 13.0 Å². The Balaban J connectivity index is 1.72. The minimum atomic E-state index is -3.25. The second-order valence-corrected chi connectivity index (χ2v) is 15.9. The predicted octanol–water partition coefficient (Wildman–Crippen LogP) is 5.17. The molecule has 1 aromatic heterocycles. The number of halogens is 5. The number of pyridine rings is 1. The van der Waals surface area contributed by atoms with Gasteiger partial charge in [0.2, 0.25) is 15.6 Å². The smallest absolute Gasteiger partial charge is 0.345 e. The molecule has 1 aromatic carbocycles. The molecule has 2 heterocycles. The van der Waals surface area contributed by atoms with E-state index in [1.807, 2.05) is 24.3 Å². The summed E-state index contributed by atoms with van der Waals surface area (Å²) < 4.78 is 38.9. The highest BCUT2D eigenvalue weighted by Crippen LogP contribution is 2.27. The molecule has 3 rings (SSSR count). The highest BCUT2D eigenvalue weighted by molar-refractivity contribution is 6.67. The maximum absolute atomic E-state index is 13.6. The lowest BCUT2D eigenvalue weighted by Gasteiger charge is -2.35. The molecular formula is C35H44Cl3F2N5O8. The molecule has 0 bridgehead atoms. The maximum Gasteiger partial charge on any atom is 0.345 e. The van der Waals surface area contributed by atoms with Crippen LogP contribution >= 0.6 is 34.8 Å². The summed E-state index contributed by atoms with van der Waals surface area (Å²) in [7, 11) is 0. The molecule has 4 atom stereocenters. The Bertz CT molecular complexity index is 1670. The van der Waals surface area contributed by atoms with Gasteiger partial charge >= 0.3 is 18.6 Å². The Kier molecular flexibility index (Phi) is 15.8. The molecule has 0 spiro atoms. The standard InChI is InChI=1S/C35H44Cl3F2N5O8/c1-19(2)28(29(47)42-27(17-51-33(39)40)30(48)45-15-7-8-25(44-45)31(49)52-18-35(36,37)38)43-32(50)34(5,6)14-13-22-9-10-23-11-12-24(41-26(23)16-22)20(3)53-21(4)46/h9-14,16,19-20,25,27-28,33,44H,7-8,15,17-18H2,1-6H3,(H,42,47)(H,43,50). The molecular weight excluding hydrogens is 763 g/mol. The van der Waals surface area contributed by atoms with Gasteiger partial charge in [0, 0.05) is 18.9 Å². The molecule has 1 fully saturated rings. The number of hydrogen-bond acceptors (Lipinski definition) is 10. The van der Waals surface area contributed by atoms with Crippen molar-refractivity contribution >= 4 is 81.4 Å². The normalized spacial score (nSPS) is 17.1. The molecule has 0 radical (unpaired) electrons. The number of amides is 3. The number of hydrogen-bond donors (Lipinski definition) is 3. The maximum atomic E-state index is 13.6. The van der Waals surface area contributed by atoms with Crippen LogP contribution in [0.3, 0.4) is 0 Å². The van der Waals surface area contributed by atoms with Crippen molar-refractivity contribution in [3.05, 3.63) is 47.7 Å². The van der Waals surface area contributed by atoms with Gasteiger partial charge in [-0.1, -0.05) is 79.0 Å². The van der Waals surface area contributed by atoms with Gasteiger partial charge in [0.1, 0.15) is 30.8 Å². The number of alkyl halides is 5. The van der Waals surface area contributed by atoms with Crippen LogP contribution in [-0.2, 0) is 38.2 Å². The summed E-state index contributed by atoms with van der Waals surface area (Å²) in [6, 6.07) is 5.35. The second kappa shape index (κ2) is 19.1. The van der Waals surface area contributed by atoms with Crippen molar-refractivity contribution in [3.63, 3.8) is 0 Å². The summed E-state index contributed by atoms with van der Waals surface area (Å²) in [5, 5.41) is 7.01. The fraction of sp³-hybridized carbons (Fsp3) is 0.543. The van der Waals surface area contributed by atoms with E-state index in [0.717, 1.165) is 16.0 Å². The Morgan fingerprint density at radius 3 is 2.38 bits per heavy atom. The van der Waals surface area contributed by atoms with E-state index >= 15 is 0 Å². The van der Waals surface area contributed by atoms with Gasteiger partial charge in [-0.25, -0.2) is 10.4 Å². The van der Waals surface area contributed by atoms with Crippen molar-refractivity contribution in [2.75, 3.05) is 19.8 Å². The third-order valence-electron chi connectivity index (χ3n) is 8.13. The van der Waals surface area contributed by atoms with Crippen molar-refractivity contribution in [1.82, 2.24) is 26.1 Å². The number of ether oxygens (including phenoxy) is 3. The molecule has 1 aliphatic rings. The lowest BCUT2D eigenvalue weighted by molar-refractivity contribution is -0.159. The van der Waals surface area contributed by atoms with Gasteiger partial charge in [-0.15, -0.1) is 0 Å². The van der Waals surface area contributed by atoms with E-state index in [0.29, 0.717) is 17.6 Å². The van der Waals surface area contributed by atoms with Crippen molar-refractivity contribution in [3.8, 4) is 0 Å². The van der Waals surface area contributed by atoms with Gasteiger partial charge in [-0.3, -0.25) is 29.0 Å². The van der Waals surface area contributed by atoms with E-state index < -0.39 is 88.8 Å². The Hall–Kier alpha value is -3.63. The minimum absolute atomic E-state index is 0.0703. The summed E-state index contributed by atoms with van der Waals surface area (Å²) in [6.07, 6.45) is 3.43. The molecule has 4 unspecified atom stereocenters. The summed E-state index contributed by atoms with van der Waals surface area (Å²) >= 11 is 16.9. The van der Waals surface area contributed by atoms with Crippen molar-refractivity contribution in [2.45, 2.75) is 89.0 Å². The fourth-order valence-electron chi connectivity index (χ4n) is 5.19. The predicted molar refractivity (Wildman–Crippen MR) is 195 cm³/mol. The van der Waals surface area contributed by atoms with Crippen LogP contribution < -0.4 is 16.1 Å². The lowest BCUT2D eigenvalue weighted by atomic mass is 9.89. The Labute approximate surface area is 321 Å². The van der Waals surface area contributed by atoms with Crippen LogP contribution in [0.2, 0.25) is 0 Å². The molecule has 0 aliphatic carbocycles. The zero-order valence-corrected chi connectivity index (χ0v) is 32.4. The highest BCUT2D eigenvalue weighted by atomic mass is 35.6. The van der Waals surface area contributed by atoms with Crippen molar-refractivity contribution in [1.29, 1.82) is 0 Å². The molecule has 13 nitrogen and oxygen atoms in total. The Morgan fingerprint density at radius 1 is 1.08 bits per heavy atom. The van der Waals surface area contributed by atoms with E-state index in [1.165, 1.54) is 6.92 Å². The van der Waals surface area contributed by atoms with E-state index in [2.05, 4.69) is 25.8 Å². The van der Waals surface area contributed by atoms with E-state index in [9.17, 15) is 32.8 Å². The molecule has 1 saturated heterocycles. The first-order valence-electron chi connectivity index (χ1n) is 16.8. The third kappa shape index (κ3) is 13.6. The number of aromatic nitrogens is 1. The molecule has 2 aromatic rings. The first-order valence-corrected chi connectivity index (χ1v) is 17.9. The first kappa shape index (κ1) is 43.8. The van der Waals surface area contributed by atoms with Gasteiger partial charge in [-0.2, -0.15) is 8.78 Å². The largest absolute Gasteiger partial charge is 0.460 e. The number of carbonyl (C=O) groups excluding carboxylic acids is 5. The summed E-state index contributed by atoms with van der Waals surface area (Å²) in [6.45, 7) is 5.04. The Morgan fingerprint density at radius 2 is 1.75 bits per heavy atom. The number of carbonyl (C=O) groups is 5. The van der Waals surface area contributed by atoms with Crippen LogP contribution in [0, 0.1) is 11.3 Å². The second-order valence-electron chi connectivity index (χ2n) is 13.4. The number of nitrogens with zero attached hydrogens (tertiary/aromatic N) is 2. The number of esters is 2. The molecule has 0 saturated carbocycles. The van der Waals surface area contributed by atoms with Gasteiger partial charge in [0.25, 0.3) is 5.91 Å². The van der Waals surface area contributed by atoms with Crippen molar-refractivity contribution in [2.24, 2.45) is 11.3 Å². The number of fused-ring (bicyclic) bond motifs is 1. The average Bonchev–Trinajstić information content (AvgIpc) is 3.08. The molecule has 292 valence electrons. The monoisotopic (exact) mass is 805 g/mol. The fourth-order valence-corrected chi connectivity index (χ4v) is 5.36. The summed E-state index contributed by atoms with van der Waals surface area (Å²) in [5.41, 5.74) is 3.48. The van der Waals surface area contributed by atoms with Crippen molar-refractivity contribution < 1.29 is 47.0 Å². The van der Waals surface area contributed by atoms with Crippen LogP contribution in [0.4, 0.5) is 8.78 Å². The molecule has 3 amide bonds. The minimum Gasteiger partial charge on any atom is -0.460 e. The molecule has 53 heavy (non-hydrogen) atoms. The lowest BCUT2D eigenvalue weighted by Crippen LogP contribution is -2.62. The SMILES string of the molecule is CC(=O)OC(C)c1ccc2ccc(C=CC(C)(C)C(=O)NC(C(=O)NC(COC(F)F)C(=O)N3CCCC(C(=O)OCC(Cl)(Cl)Cl)N3)C(C)C)cc2n1.